The minimum absolute atomic E-state index is 0.0306. The summed E-state index contributed by atoms with van der Waals surface area (Å²) in [7, 11) is 0. The summed E-state index contributed by atoms with van der Waals surface area (Å²) in [4.78, 5) is 15.8. The molecule has 13 atom stereocenters. The van der Waals surface area contributed by atoms with Crippen LogP contribution in [0.3, 0.4) is 0 Å². The molecule has 9 aliphatic carbocycles. The average Bonchev–Trinajstić information content (AvgIpc) is 3.82. The Bertz CT molecular complexity index is 2480. The first kappa shape index (κ1) is 43.2. The molecule has 9 unspecified atom stereocenters. The Balaban J connectivity index is 0.901. The molecule has 0 spiro atoms. The predicted octanol–water partition coefficient (Wildman–Crippen LogP) is 14.9. The summed E-state index contributed by atoms with van der Waals surface area (Å²) in [6.45, 7) is 9.84. The maximum atomic E-state index is 5.79. The van der Waals surface area contributed by atoms with Crippen molar-refractivity contribution in [1.29, 1.82) is 0 Å². The Morgan fingerprint density at radius 3 is 2.56 bits per heavy atom. The van der Waals surface area contributed by atoms with E-state index in [1.807, 2.05) is 0 Å². The summed E-state index contributed by atoms with van der Waals surface area (Å²) in [6, 6.07) is 0.543. The molecule has 3 heterocycles. The van der Waals surface area contributed by atoms with E-state index in [4.69, 9.17) is 9.98 Å². The SMILES string of the molecule is CC1C=CCC(C2=NC(C3=CC=CC[C@@H]3C)=NC([C@@H]3C[C@H](C4CC(C)CC=C4C4=CC=CCC4)C=CC3C3=CCC4C(=C3)SC3(C)CC5[C@@H](C=C43)C3=C(CCC=C3)N5C3=CCCCC3)N2)C1. The van der Waals surface area contributed by atoms with Crippen LogP contribution in [0.25, 0.3) is 0 Å². The van der Waals surface area contributed by atoms with Crippen molar-refractivity contribution in [3.63, 3.8) is 0 Å². The summed E-state index contributed by atoms with van der Waals surface area (Å²) in [5.74, 6) is 6.89. The number of aliphatic imine (C=N–C) groups is 2. The van der Waals surface area contributed by atoms with Gasteiger partial charge in [-0.25, -0.2) is 9.98 Å². The Kier molecular flexibility index (Phi) is 11.6. The second-order valence-electron chi connectivity index (χ2n) is 22.7. The molecule has 0 bridgehead atoms. The van der Waals surface area contributed by atoms with E-state index in [0.717, 1.165) is 44.4 Å². The fourth-order valence-electron chi connectivity index (χ4n) is 14.8. The molecular formula is C61H74N4S. The lowest BCUT2D eigenvalue weighted by molar-refractivity contribution is 0.224. The first-order valence-corrected chi connectivity index (χ1v) is 27.5. The van der Waals surface area contributed by atoms with Gasteiger partial charge in [-0.15, -0.1) is 11.8 Å². The molecule has 0 aromatic heterocycles. The third-order valence-corrected chi connectivity index (χ3v) is 19.6. The van der Waals surface area contributed by atoms with Crippen LogP contribution in [0.5, 0.6) is 0 Å². The van der Waals surface area contributed by atoms with Gasteiger partial charge in [0.2, 0.25) is 0 Å². The third kappa shape index (κ3) is 7.83. The molecule has 0 amide bonds. The van der Waals surface area contributed by atoms with Gasteiger partial charge in [-0.05, 0) is 184 Å². The fraction of sp³-hybridized carbons (Fsp3) is 0.541. The number of allylic oxidation sites excluding steroid dienone is 22. The molecular weight excluding hydrogens is 821 g/mol. The van der Waals surface area contributed by atoms with Gasteiger partial charge in [0.15, 0.2) is 5.84 Å². The van der Waals surface area contributed by atoms with E-state index in [2.05, 4.69) is 153 Å². The van der Waals surface area contributed by atoms with Crippen molar-refractivity contribution in [3.05, 3.63) is 153 Å². The van der Waals surface area contributed by atoms with Crippen molar-refractivity contribution in [3.8, 4) is 0 Å². The van der Waals surface area contributed by atoms with Crippen LogP contribution in [0.1, 0.15) is 130 Å². The summed E-state index contributed by atoms with van der Waals surface area (Å²) >= 11 is 2.24. The van der Waals surface area contributed by atoms with E-state index < -0.39 is 0 Å². The van der Waals surface area contributed by atoms with E-state index in [1.54, 1.807) is 38.6 Å². The zero-order valence-corrected chi connectivity index (χ0v) is 41.1. The van der Waals surface area contributed by atoms with Gasteiger partial charge < -0.3 is 10.2 Å². The molecule has 5 heteroatoms. The standard InChI is InChI=1S/C61H74N4S/c1-38-16-15-20-44(32-38)58-62-59(46-23-12-11-17-40(46)3)64-60(63-58)53-34-42(51-33-39(2)26-29-47(51)41-18-7-5-8-19-41)27-30-48(53)43-28-31-50-54-36-52-49-24-13-14-25-55(49)65(45-21-9-6-10-22-45)56(52)37-61(54,4)66-57(50)35-43/h5,7,11-13,15-16,18,21,23-24,27-30,35-36,38-40,42,44,48,50-53,56,60H,6,8-10,14,17,19-20,22,25-26,31-34,37H2,1-4H3,(H,62,63,64)/t38?,39?,40-,42+,44?,48?,50?,51?,52-,53+,56?,60?,61?/m0/s1. The highest BCUT2D eigenvalue weighted by atomic mass is 32.2. The quantitative estimate of drug-likeness (QED) is 0.259. The van der Waals surface area contributed by atoms with Crippen molar-refractivity contribution < 1.29 is 0 Å². The van der Waals surface area contributed by atoms with E-state index in [-0.39, 0.29) is 10.9 Å². The van der Waals surface area contributed by atoms with Gasteiger partial charge in [0.25, 0.3) is 0 Å². The van der Waals surface area contributed by atoms with Crippen LogP contribution in [0.15, 0.2) is 163 Å². The second-order valence-corrected chi connectivity index (χ2v) is 24.3. The first-order chi connectivity index (χ1) is 32.3. The van der Waals surface area contributed by atoms with Crippen LogP contribution >= 0.6 is 11.8 Å². The molecule has 1 saturated heterocycles. The van der Waals surface area contributed by atoms with E-state index in [9.17, 15) is 0 Å². The Morgan fingerprint density at radius 2 is 1.71 bits per heavy atom. The molecule has 1 N–H and O–H groups in total. The molecule has 3 aliphatic heterocycles. The second kappa shape index (κ2) is 17.8. The normalized spacial score (nSPS) is 40.3. The van der Waals surface area contributed by atoms with Crippen LogP contribution in [0.2, 0.25) is 0 Å². The Morgan fingerprint density at radius 1 is 0.803 bits per heavy atom. The summed E-state index contributed by atoms with van der Waals surface area (Å²) in [6.07, 6.45) is 61.6. The van der Waals surface area contributed by atoms with Crippen molar-refractivity contribution in [2.24, 2.45) is 69.2 Å². The van der Waals surface area contributed by atoms with Crippen molar-refractivity contribution in [2.45, 2.75) is 147 Å². The zero-order valence-electron chi connectivity index (χ0n) is 40.3. The molecule has 0 radical (unpaired) electrons. The number of hydrogen-bond donors (Lipinski definition) is 1. The largest absolute Gasteiger partial charge is 0.351 e. The van der Waals surface area contributed by atoms with Crippen LogP contribution in [0, 0.1) is 59.2 Å². The lowest BCUT2D eigenvalue weighted by atomic mass is 9.64. The number of hydrogen-bond acceptors (Lipinski definition) is 5. The number of amidine groups is 2. The zero-order chi connectivity index (χ0) is 44.5. The van der Waals surface area contributed by atoms with Crippen LogP contribution in [0.4, 0.5) is 0 Å². The fourth-order valence-corrected chi connectivity index (χ4v) is 16.4. The molecule has 1 fully saturated rings. The summed E-state index contributed by atoms with van der Waals surface area (Å²) in [5.41, 5.74) is 12.7. The number of rotatable bonds is 7. The monoisotopic (exact) mass is 895 g/mol. The number of nitrogens with one attached hydrogen (secondary N) is 1. The van der Waals surface area contributed by atoms with Crippen molar-refractivity contribution >= 4 is 23.4 Å². The number of thioether (sulfide) groups is 1. The molecule has 4 nitrogen and oxygen atoms in total. The van der Waals surface area contributed by atoms with Gasteiger partial charge in [0.1, 0.15) is 12.0 Å². The smallest absolute Gasteiger partial charge is 0.154 e. The van der Waals surface area contributed by atoms with E-state index in [1.165, 1.54) is 81.2 Å². The molecule has 66 heavy (non-hydrogen) atoms. The summed E-state index contributed by atoms with van der Waals surface area (Å²) < 4.78 is 0.128. The lowest BCUT2D eigenvalue weighted by Gasteiger charge is -2.43. The third-order valence-electron chi connectivity index (χ3n) is 18.1. The molecule has 12 aliphatic rings. The van der Waals surface area contributed by atoms with Crippen molar-refractivity contribution in [1.82, 2.24) is 10.2 Å². The molecule has 0 aromatic carbocycles. The highest BCUT2D eigenvalue weighted by molar-refractivity contribution is 8.05. The first-order valence-electron chi connectivity index (χ1n) is 26.7. The van der Waals surface area contributed by atoms with Crippen LogP contribution < -0.4 is 5.32 Å². The van der Waals surface area contributed by atoms with Crippen LogP contribution in [-0.4, -0.2) is 33.5 Å². The topological polar surface area (TPSA) is 40.0 Å². The van der Waals surface area contributed by atoms with Gasteiger partial charge in [0, 0.05) is 51.8 Å². The van der Waals surface area contributed by atoms with Gasteiger partial charge >= 0.3 is 0 Å². The maximum Gasteiger partial charge on any atom is 0.154 e. The lowest BCUT2D eigenvalue weighted by Crippen LogP contribution is -2.49. The molecule has 12 rings (SSSR count). The predicted molar refractivity (Wildman–Crippen MR) is 279 cm³/mol. The van der Waals surface area contributed by atoms with E-state index in [0.29, 0.717) is 65.2 Å². The van der Waals surface area contributed by atoms with Crippen molar-refractivity contribution in [2.75, 3.05) is 0 Å². The van der Waals surface area contributed by atoms with E-state index >= 15 is 0 Å². The molecule has 0 saturated carbocycles. The average molecular weight is 895 g/mol. The van der Waals surface area contributed by atoms with Gasteiger partial charge in [-0.3, -0.25) is 0 Å². The minimum Gasteiger partial charge on any atom is -0.351 e. The maximum absolute atomic E-state index is 5.79. The van der Waals surface area contributed by atoms with Gasteiger partial charge in [-0.1, -0.05) is 118 Å². The van der Waals surface area contributed by atoms with Gasteiger partial charge in [0.05, 0.1) is 0 Å². The summed E-state index contributed by atoms with van der Waals surface area (Å²) in [5, 5.41) is 4.18. The number of nitrogens with zero attached hydrogens (tertiary/aromatic N) is 3. The highest BCUT2D eigenvalue weighted by Gasteiger charge is 2.54. The van der Waals surface area contributed by atoms with Crippen LogP contribution in [-0.2, 0) is 0 Å². The Hall–Kier alpha value is -4.09. The molecule has 0 aromatic rings. The molecule has 344 valence electrons. The number of fused-ring (bicyclic) bond motifs is 5. The van der Waals surface area contributed by atoms with Gasteiger partial charge in [-0.2, -0.15) is 0 Å². The minimum atomic E-state index is -0.0306. The highest BCUT2D eigenvalue weighted by Crippen LogP contribution is 2.64. The Labute approximate surface area is 401 Å².